The molecule has 7 heteroatoms. The number of benzene rings is 1. The van der Waals surface area contributed by atoms with Crippen LogP contribution in [-0.4, -0.2) is 49.8 Å². The average molecular weight is 503 g/mol. The second-order valence-corrected chi connectivity index (χ2v) is 9.30. The molecule has 1 saturated heterocycles. The highest BCUT2D eigenvalue weighted by Gasteiger charge is 2.33. The van der Waals surface area contributed by atoms with Crippen molar-refractivity contribution in [2.24, 2.45) is 0 Å². The molecule has 1 aliphatic rings. The molecule has 0 saturated carbocycles. The number of fused-ring (bicyclic) bond motifs is 1. The molecular weight excluding hydrogens is 480 g/mol. The van der Waals surface area contributed by atoms with E-state index in [0.717, 1.165) is 39.8 Å². The van der Waals surface area contributed by atoms with Crippen molar-refractivity contribution in [2.75, 3.05) is 13.2 Å². The maximum Gasteiger partial charge on any atom is 0.246 e. The Balaban J connectivity index is 1.53. The highest BCUT2D eigenvalue weighted by Crippen LogP contribution is 2.40. The van der Waals surface area contributed by atoms with E-state index in [0.29, 0.717) is 18.9 Å². The minimum absolute atomic E-state index is 0.0362. The molecule has 1 fully saturated rings. The summed E-state index contributed by atoms with van der Waals surface area (Å²) in [6.07, 6.45) is 7.47. The number of nitrogens with zero attached hydrogens (tertiary/aromatic N) is 3. The van der Waals surface area contributed by atoms with E-state index in [1.54, 1.807) is 18.6 Å². The van der Waals surface area contributed by atoms with Crippen LogP contribution in [0.5, 0.6) is 5.75 Å². The summed E-state index contributed by atoms with van der Waals surface area (Å²) in [6.45, 7) is 4.65. The van der Waals surface area contributed by atoms with E-state index in [2.05, 4.69) is 49.6 Å². The summed E-state index contributed by atoms with van der Waals surface area (Å²) in [5, 5.41) is 0. The molecule has 1 amide bonds. The summed E-state index contributed by atoms with van der Waals surface area (Å²) < 4.78 is 6.28. The van der Waals surface area contributed by atoms with E-state index in [1.807, 2.05) is 41.3 Å². The number of aromatic amines is 1. The molecule has 4 heterocycles. The third-order valence-electron chi connectivity index (χ3n) is 5.92. The lowest BCUT2D eigenvalue weighted by atomic mass is 10.0. The van der Waals surface area contributed by atoms with E-state index in [1.165, 1.54) is 6.08 Å². The van der Waals surface area contributed by atoms with Crippen LogP contribution >= 0.6 is 15.9 Å². The van der Waals surface area contributed by atoms with E-state index >= 15 is 0 Å². The fourth-order valence-electron chi connectivity index (χ4n) is 4.40. The molecule has 2 atom stereocenters. The maximum absolute atomic E-state index is 12.3. The van der Waals surface area contributed by atoms with Gasteiger partial charge in [0.05, 0.1) is 29.0 Å². The van der Waals surface area contributed by atoms with Gasteiger partial charge in [-0.15, -0.1) is 0 Å². The molecular formula is C26H23BrN4O2. The Morgan fingerprint density at radius 2 is 2.06 bits per heavy atom. The lowest BCUT2D eigenvalue weighted by Crippen LogP contribution is -2.38. The van der Waals surface area contributed by atoms with Crippen LogP contribution in [0.1, 0.15) is 6.42 Å². The molecule has 6 nitrogen and oxygen atoms in total. The number of aromatic nitrogens is 3. The number of nitrogens with one attached hydrogen (secondary N) is 1. The number of halogens is 1. The van der Waals surface area contributed by atoms with Crippen molar-refractivity contribution in [1.82, 2.24) is 19.9 Å². The monoisotopic (exact) mass is 502 g/mol. The van der Waals surface area contributed by atoms with Gasteiger partial charge >= 0.3 is 0 Å². The van der Waals surface area contributed by atoms with E-state index in [9.17, 15) is 4.79 Å². The zero-order valence-electron chi connectivity index (χ0n) is 17.9. The smallest absolute Gasteiger partial charge is 0.246 e. The highest BCUT2D eigenvalue weighted by atomic mass is 79.9. The minimum Gasteiger partial charge on any atom is -0.489 e. The van der Waals surface area contributed by atoms with Crippen molar-refractivity contribution in [3.05, 3.63) is 79.8 Å². The van der Waals surface area contributed by atoms with Gasteiger partial charge in [-0.2, -0.15) is 0 Å². The van der Waals surface area contributed by atoms with Crippen LogP contribution in [-0.2, 0) is 4.79 Å². The van der Waals surface area contributed by atoms with Crippen LogP contribution in [0.3, 0.4) is 0 Å². The predicted molar refractivity (Wildman–Crippen MR) is 133 cm³/mol. The molecule has 0 aliphatic carbocycles. The van der Waals surface area contributed by atoms with Gasteiger partial charge in [0.15, 0.2) is 0 Å². The highest BCUT2D eigenvalue weighted by molar-refractivity contribution is 9.09. The second-order valence-electron chi connectivity index (χ2n) is 8.00. The van der Waals surface area contributed by atoms with Gasteiger partial charge in [0, 0.05) is 34.9 Å². The van der Waals surface area contributed by atoms with Gasteiger partial charge in [-0.05, 0) is 36.3 Å². The first kappa shape index (κ1) is 21.4. The number of hydrogen-bond acceptors (Lipinski definition) is 4. The van der Waals surface area contributed by atoms with Crippen LogP contribution in [0, 0.1) is 0 Å². The largest absolute Gasteiger partial charge is 0.489 e. The number of likely N-dealkylation sites (tertiary alicyclic amines) is 1. The molecule has 33 heavy (non-hydrogen) atoms. The van der Waals surface area contributed by atoms with Gasteiger partial charge < -0.3 is 14.6 Å². The first-order valence-electron chi connectivity index (χ1n) is 10.8. The molecule has 0 unspecified atom stereocenters. The number of H-pyrrole nitrogens is 1. The van der Waals surface area contributed by atoms with Gasteiger partial charge in [-0.1, -0.05) is 52.8 Å². The Bertz CT molecular complexity index is 1300. The lowest BCUT2D eigenvalue weighted by molar-refractivity contribution is -0.127. The van der Waals surface area contributed by atoms with Crippen LogP contribution in [0.4, 0.5) is 0 Å². The van der Waals surface area contributed by atoms with Gasteiger partial charge in [0.2, 0.25) is 5.91 Å². The average Bonchev–Trinajstić information content (AvgIpc) is 3.43. The molecule has 1 aliphatic heterocycles. The Morgan fingerprint density at radius 1 is 1.21 bits per heavy atom. The molecule has 1 N–H and O–H groups in total. The Kier molecular flexibility index (Phi) is 5.96. The fraction of sp³-hybridized carbons (Fsp3) is 0.192. The topological polar surface area (TPSA) is 71.1 Å². The third kappa shape index (κ3) is 4.16. The third-order valence-corrected chi connectivity index (χ3v) is 6.59. The van der Waals surface area contributed by atoms with Crippen molar-refractivity contribution in [2.45, 2.75) is 17.3 Å². The second kappa shape index (κ2) is 9.19. The lowest BCUT2D eigenvalue weighted by Gasteiger charge is -2.23. The van der Waals surface area contributed by atoms with Crippen LogP contribution < -0.4 is 4.74 Å². The normalized spacial score (nSPS) is 17.9. The molecule has 4 aromatic rings. The summed E-state index contributed by atoms with van der Waals surface area (Å²) >= 11 is 3.64. The zero-order valence-corrected chi connectivity index (χ0v) is 19.5. The van der Waals surface area contributed by atoms with E-state index in [-0.39, 0.29) is 16.8 Å². The van der Waals surface area contributed by atoms with Crippen molar-refractivity contribution >= 4 is 32.9 Å². The number of carbonyl (C=O) groups is 1. The number of ether oxygens (including phenoxy) is 1. The summed E-state index contributed by atoms with van der Waals surface area (Å²) in [5.74, 6) is 0.579. The van der Waals surface area contributed by atoms with Gasteiger partial charge in [-0.3, -0.25) is 14.8 Å². The van der Waals surface area contributed by atoms with Crippen molar-refractivity contribution < 1.29 is 9.53 Å². The van der Waals surface area contributed by atoms with Gasteiger partial charge in [0.25, 0.3) is 0 Å². The number of carbonyl (C=O) groups excluding carboxylic acids is 1. The molecule has 166 valence electrons. The quantitative estimate of drug-likeness (QED) is 0.289. The van der Waals surface area contributed by atoms with Crippen LogP contribution in [0.2, 0.25) is 0 Å². The molecule has 0 bridgehead atoms. The number of alkyl halides is 1. The number of amides is 1. The number of pyridine rings is 2. The van der Waals surface area contributed by atoms with Gasteiger partial charge in [0.1, 0.15) is 12.4 Å². The van der Waals surface area contributed by atoms with E-state index in [4.69, 9.17) is 4.74 Å². The number of rotatable bonds is 6. The Hall–Kier alpha value is -3.45. The van der Waals surface area contributed by atoms with Crippen LogP contribution in [0.25, 0.3) is 33.4 Å². The standard InChI is InChI=1S/C26H23BrN4O2/c1-2-23(32)31-15-18(27)13-19(31)16-33-22-14-28-12-10-20(22)25-24(17-7-4-3-5-8-17)26-21(30-25)9-6-11-29-26/h2-12,14,18-19,30H,1,13,15-16H2/t18-,19-/m0/s1. The summed E-state index contributed by atoms with van der Waals surface area (Å²) in [7, 11) is 0. The number of hydrogen-bond donors (Lipinski definition) is 1. The molecule has 5 rings (SSSR count). The fourth-order valence-corrected chi connectivity index (χ4v) is 5.14. The van der Waals surface area contributed by atoms with Crippen molar-refractivity contribution in [1.29, 1.82) is 0 Å². The Morgan fingerprint density at radius 3 is 2.88 bits per heavy atom. The Labute approximate surface area is 200 Å². The van der Waals surface area contributed by atoms with E-state index < -0.39 is 0 Å². The van der Waals surface area contributed by atoms with Crippen molar-refractivity contribution in [3.8, 4) is 28.1 Å². The minimum atomic E-state index is -0.0787. The van der Waals surface area contributed by atoms with Gasteiger partial charge in [-0.25, -0.2) is 0 Å². The first-order chi connectivity index (χ1) is 16.2. The summed E-state index contributed by atoms with van der Waals surface area (Å²) in [5.41, 5.74) is 5.78. The predicted octanol–water partition coefficient (Wildman–Crippen LogP) is 5.22. The molecule has 3 aromatic heterocycles. The molecule has 1 aromatic carbocycles. The first-order valence-corrected chi connectivity index (χ1v) is 11.7. The van der Waals surface area contributed by atoms with Crippen molar-refractivity contribution in [3.63, 3.8) is 0 Å². The summed E-state index contributed by atoms with van der Waals surface area (Å²) in [4.78, 5) is 26.8. The zero-order chi connectivity index (χ0) is 22.8. The SMILES string of the molecule is C=CC(=O)N1C[C@@H](Br)C[C@H]1COc1cnccc1-c1[nH]c2cccnc2c1-c1ccccc1. The molecule has 0 spiro atoms. The molecule has 0 radical (unpaired) electrons. The maximum atomic E-state index is 12.3. The van der Waals surface area contributed by atoms with Crippen LogP contribution in [0.15, 0.2) is 79.8 Å². The summed E-state index contributed by atoms with van der Waals surface area (Å²) in [6, 6.07) is 16.1.